The maximum atomic E-state index is 11.3. The van der Waals surface area contributed by atoms with Gasteiger partial charge in [-0.25, -0.2) is 4.98 Å². The third-order valence-electron chi connectivity index (χ3n) is 5.95. The summed E-state index contributed by atoms with van der Waals surface area (Å²) in [6.45, 7) is 7.31. The number of hydrogen-bond donors (Lipinski definition) is 1. The van der Waals surface area contributed by atoms with Crippen LogP contribution in [0.4, 0.5) is 0 Å². The molecule has 0 aliphatic carbocycles. The third-order valence-corrected chi connectivity index (χ3v) is 5.95. The van der Waals surface area contributed by atoms with Gasteiger partial charge in [-0.1, -0.05) is 24.8 Å². The molecule has 27 heavy (non-hydrogen) atoms. The zero-order chi connectivity index (χ0) is 19.0. The Morgan fingerprint density at radius 2 is 2.00 bits per heavy atom. The molecular weight excluding hydrogens is 338 g/mol. The van der Waals surface area contributed by atoms with E-state index in [0.717, 1.165) is 49.4 Å². The highest BCUT2D eigenvalue weighted by Gasteiger charge is 2.49. The van der Waals surface area contributed by atoms with Gasteiger partial charge in [0, 0.05) is 43.6 Å². The topological polar surface area (TPSA) is 50.5 Å². The summed E-state index contributed by atoms with van der Waals surface area (Å²) in [5.41, 5.74) is 1.40. The Bertz CT molecular complexity index is 814. The standard InChI is InChI=1S/C22H29N3O2/c1-16(2)15-27-20-7-5-4-6-17(20)14-25-18-8-9-19(25)13-22(26,12-18)21-23-10-11-24(21)3/h4-7,10-11,18-19,26H,1,8-9,12-15H2,2-3H3/t18-,19-/m0/s1. The highest BCUT2D eigenvalue weighted by atomic mass is 16.5. The lowest BCUT2D eigenvalue weighted by atomic mass is 9.85. The SMILES string of the molecule is C=C(C)COc1ccccc1CN1[C@H]2CC[C@H]1CC(O)(c1nccn1C)C2. The van der Waals surface area contributed by atoms with E-state index in [2.05, 4.69) is 28.6 Å². The van der Waals surface area contributed by atoms with Crippen molar-refractivity contribution in [2.24, 2.45) is 7.05 Å². The lowest BCUT2D eigenvalue weighted by molar-refractivity contribution is -0.0670. The van der Waals surface area contributed by atoms with Crippen molar-refractivity contribution >= 4 is 0 Å². The summed E-state index contributed by atoms with van der Waals surface area (Å²) in [5.74, 6) is 1.73. The maximum Gasteiger partial charge on any atom is 0.140 e. The van der Waals surface area contributed by atoms with Crippen LogP contribution in [-0.2, 0) is 19.2 Å². The minimum Gasteiger partial charge on any atom is -0.489 e. The fourth-order valence-electron chi connectivity index (χ4n) is 4.74. The molecule has 0 radical (unpaired) electrons. The molecule has 1 aromatic heterocycles. The van der Waals surface area contributed by atoms with E-state index in [4.69, 9.17) is 4.74 Å². The zero-order valence-corrected chi connectivity index (χ0v) is 16.3. The largest absolute Gasteiger partial charge is 0.489 e. The van der Waals surface area contributed by atoms with Gasteiger partial charge in [0.2, 0.25) is 0 Å². The van der Waals surface area contributed by atoms with Crippen LogP contribution in [0.3, 0.4) is 0 Å². The van der Waals surface area contributed by atoms with E-state index < -0.39 is 5.60 Å². The average molecular weight is 367 g/mol. The summed E-state index contributed by atoms with van der Waals surface area (Å²) >= 11 is 0. The Hall–Kier alpha value is -2.11. The highest BCUT2D eigenvalue weighted by Crippen LogP contribution is 2.46. The summed E-state index contributed by atoms with van der Waals surface area (Å²) < 4.78 is 7.91. The second-order valence-electron chi connectivity index (χ2n) is 8.21. The van der Waals surface area contributed by atoms with E-state index in [9.17, 15) is 5.11 Å². The number of imidazole rings is 1. The molecule has 0 amide bonds. The van der Waals surface area contributed by atoms with E-state index in [1.807, 2.05) is 36.9 Å². The van der Waals surface area contributed by atoms with Crippen LogP contribution in [0.1, 0.15) is 44.0 Å². The zero-order valence-electron chi connectivity index (χ0n) is 16.3. The molecule has 3 heterocycles. The van der Waals surface area contributed by atoms with Crippen molar-refractivity contribution in [1.29, 1.82) is 0 Å². The number of para-hydroxylation sites is 1. The summed E-state index contributed by atoms with van der Waals surface area (Å²) in [4.78, 5) is 6.99. The smallest absolute Gasteiger partial charge is 0.140 e. The Balaban J connectivity index is 1.51. The predicted octanol–water partition coefficient (Wildman–Crippen LogP) is 3.39. The molecule has 2 aliphatic rings. The van der Waals surface area contributed by atoms with Crippen LogP contribution < -0.4 is 4.74 Å². The van der Waals surface area contributed by atoms with E-state index in [1.54, 1.807) is 6.20 Å². The van der Waals surface area contributed by atoms with Gasteiger partial charge in [-0.3, -0.25) is 4.90 Å². The molecule has 2 aromatic rings. The lowest BCUT2D eigenvalue weighted by Gasteiger charge is -2.43. The van der Waals surface area contributed by atoms with Crippen LogP contribution in [0.25, 0.3) is 0 Å². The number of hydrogen-bond acceptors (Lipinski definition) is 4. The van der Waals surface area contributed by atoms with E-state index in [-0.39, 0.29) is 0 Å². The van der Waals surface area contributed by atoms with Gasteiger partial charge in [-0.2, -0.15) is 0 Å². The molecule has 2 bridgehead atoms. The van der Waals surface area contributed by atoms with Gasteiger partial charge >= 0.3 is 0 Å². The van der Waals surface area contributed by atoms with Crippen LogP contribution in [0.2, 0.25) is 0 Å². The summed E-state index contributed by atoms with van der Waals surface area (Å²) in [7, 11) is 1.96. The number of nitrogens with zero attached hydrogens (tertiary/aromatic N) is 3. The Morgan fingerprint density at radius 1 is 1.30 bits per heavy atom. The number of fused-ring (bicyclic) bond motifs is 2. The highest BCUT2D eigenvalue weighted by molar-refractivity contribution is 5.34. The molecule has 2 fully saturated rings. The first-order valence-electron chi connectivity index (χ1n) is 9.77. The molecule has 1 N–H and O–H groups in total. The maximum absolute atomic E-state index is 11.3. The fraction of sp³-hybridized carbons (Fsp3) is 0.500. The van der Waals surface area contributed by atoms with Crippen molar-refractivity contribution in [3.8, 4) is 5.75 Å². The van der Waals surface area contributed by atoms with Crippen molar-refractivity contribution in [3.05, 3.63) is 60.2 Å². The van der Waals surface area contributed by atoms with E-state index in [1.165, 1.54) is 5.56 Å². The minimum absolute atomic E-state index is 0.375. The number of rotatable bonds is 6. The van der Waals surface area contributed by atoms with Gasteiger partial charge in [0.15, 0.2) is 0 Å². The van der Waals surface area contributed by atoms with Crippen molar-refractivity contribution in [2.75, 3.05) is 6.61 Å². The minimum atomic E-state index is -0.823. The molecule has 2 atom stereocenters. The molecule has 0 saturated carbocycles. The second kappa shape index (κ2) is 7.13. The van der Waals surface area contributed by atoms with Crippen LogP contribution in [0.5, 0.6) is 5.75 Å². The molecule has 0 spiro atoms. The summed E-state index contributed by atoms with van der Waals surface area (Å²) in [6.07, 6.45) is 7.43. The monoisotopic (exact) mass is 367 g/mol. The van der Waals surface area contributed by atoms with Gasteiger partial charge in [0.05, 0.1) is 0 Å². The van der Waals surface area contributed by atoms with Crippen molar-refractivity contribution in [3.63, 3.8) is 0 Å². The molecule has 1 aromatic carbocycles. The third kappa shape index (κ3) is 3.54. The first-order chi connectivity index (χ1) is 13.0. The van der Waals surface area contributed by atoms with Crippen molar-refractivity contribution in [2.45, 2.75) is 56.8 Å². The summed E-state index contributed by atoms with van der Waals surface area (Å²) in [6, 6.07) is 9.02. The number of piperidine rings is 1. The first kappa shape index (κ1) is 18.3. The number of benzene rings is 1. The lowest BCUT2D eigenvalue weighted by Crippen LogP contribution is -2.50. The fourth-order valence-corrected chi connectivity index (χ4v) is 4.74. The van der Waals surface area contributed by atoms with Crippen LogP contribution >= 0.6 is 0 Å². The summed E-state index contributed by atoms with van der Waals surface area (Å²) in [5, 5.41) is 11.3. The van der Waals surface area contributed by atoms with Gasteiger partial charge in [0.25, 0.3) is 0 Å². The molecule has 2 aliphatic heterocycles. The van der Waals surface area contributed by atoms with Gasteiger partial charge in [-0.05, 0) is 44.2 Å². The molecule has 2 saturated heterocycles. The second-order valence-corrected chi connectivity index (χ2v) is 8.21. The van der Waals surface area contributed by atoms with Crippen LogP contribution in [0.15, 0.2) is 48.8 Å². The molecule has 5 heteroatoms. The van der Waals surface area contributed by atoms with Crippen LogP contribution in [0, 0.1) is 0 Å². The molecule has 0 unspecified atom stereocenters. The van der Waals surface area contributed by atoms with Crippen molar-refractivity contribution < 1.29 is 9.84 Å². The Labute approximate surface area is 161 Å². The molecule has 144 valence electrons. The van der Waals surface area contributed by atoms with E-state index in [0.29, 0.717) is 18.7 Å². The molecule has 4 rings (SSSR count). The number of aryl methyl sites for hydroxylation is 1. The number of ether oxygens (including phenoxy) is 1. The Kier molecular flexibility index (Phi) is 4.82. The van der Waals surface area contributed by atoms with Gasteiger partial charge in [0.1, 0.15) is 23.8 Å². The molecular formula is C22H29N3O2. The Morgan fingerprint density at radius 3 is 2.63 bits per heavy atom. The average Bonchev–Trinajstić information content (AvgIpc) is 3.17. The quantitative estimate of drug-likeness (QED) is 0.795. The van der Waals surface area contributed by atoms with Crippen LogP contribution in [-0.4, -0.2) is 38.2 Å². The van der Waals surface area contributed by atoms with Gasteiger partial charge < -0.3 is 14.4 Å². The normalized spacial score (nSPS) is 27.7. The number of aromatic nitrogens is 2. The number of aliphatic hydroxyl groups is 1. The van der Waals surface area contributed by atoms with E-state index >= 15 is 0 Å². The van der Waals surface area contributed by atoms with Gasteiger partial charge in [-0.15, -0.1) is 0 Å². The first-order valence-corrected chi connectivity index (χ1v) is 9.77. The predicted molar refractivity (Wildman–Crippen MR) is 105 cm³/mol. The molecule has 5 nitrogen and oxygen atoms in total. The van der Waals surface area contributed by atoms with Crippen molar-refractivity contribution in [1.82, 2.24) is 14.5 Å².